The largest absolute Gasteiger partial charge is 0.481 e. The molecule has 3 rings (SSSR count). The van der Waals surface area contributed by atoms with Crippen LogP contribution < -0.4 is 21.7 Å². The molecule has 43 heavy (non-hydrogen) atoms. The highest BCUT2D eigenvalue weighted by Crippen LogP contribution is 2.20. The summed E-state index contributed by atoms with van der Waals surface area (Å²) < 4.78 is 0. The molecular formula is C31H39N5O7. The summed E-state index contributed by atoms with van der Waals surface area (Å²) in [5.74, 6) is -4.75. The molecule has 1 aromatic heterocycles. The van der Waals surface area contributed by atoms with Gasteiger partial charge in [0.25, 0.3) is 0 Å². The van der Waals surface area contributed by atoms with Crippen molar-refractivity contribution < 1.29 is 34.2 Å². The predicted octanol–water partition coefficient (Wildman–Crippen LogP) is 1.73. The molecule has 0 spiro atoms. The van der Waals surface area contributed by atoms with Crippen LogP contribution in [0.1, 0.15) is 44.2 Å². The number of carboxylic acids is 2. The second-order valence-electron chi connectivity index (χ2n) is 10.6. The van der Waals surface area contributed by atoms with Crippen molar-refractivity contribution in [2.75, 3.05) is 0 Å². The number of H-pyrrole nitrogens is 1. The molecule has 230 valence electrons. The van der Waals surface area contributed by atoms with Crippen LogP contribution in [0.5, 0.6) is 0 Å². The van der Waals surface area contributed by atoms with Gasteiger partial charge in [-0.3, -0.25) is 19.2 Å². The van der Waals surface area contributed by atoms with E-state index in [1.807, 2.05) is 31.2 Å². The molecule has 8 N–H and O–H groups in total. The Morgan fingerprint density at radius 2 is 1.44 bits per heavy atom. The van der Waals surface area contributed by atoms with Gasteiger partial charge in [0.2, 0.25) is 17.7 Å². The summed E-state index contributed by atoms with van der Waals surface area (Å²) in [5, 5.41) is 27.5. The normalized spacial score (nSPS) is 14.6. The molecule has 3 aromatic rings. The van der Waals surface area contributed by atoms with Crippen molar-refractivity contribution in [1.29, 1.82) is 0 Å². The Morgan fingerprint density at radius 3 is 2.09 bits per heavy atom. The van der Waals surface area contributed by atoms with Crippen molar-refractivity contribution in [1.82, 2.24) is 20.9 Å². The van der Waals surface area contributed by atoms with Crippen molar-refractivity contribution in [3.05, 3.63) is 71.9 Å². The number of nitrogens with two attached hydrogens (primary N) is 1. The fourth-order valence-corrected chi connectivity index (χ4v) is 4.69. The Bertz CT molecular complexity index is 1420. The van der Waals surface area contributed by atoms with Crippen molar-refractivity contribution in [2.24, 2.45) is 11.7 Å². The average molecular weight is 594 g/mol. The van der Waals surface area contributed by atoms with E-state index >= 15 is 0 Å². The molecule has 0 saturated carbocycles. The number of fused-ring (bicyclic) bond motifs is 1. The lowest BCUT2D eigenvalue weighted by Gasteiger charge is -2.26. The zero-order valence-corrected chi connectivity index (χ0v) is 24.2. The van der Waals surface area contributed by atoms with Gasteiger partial charge in [0.15, 0.2) is 0 Å². The van der Waals surface area contributed by atoms with Gasteiger partial charge in [-0.15, -0.1) is 0 Å². The molecule has 1 heterocycles. The number of amides is 3. The maximum Gasteiger partial charge on any atom is 0.326 e. The van der Waals surface area contributed by atoms with Gasteiger partial charge in [0.05, 0.1) is 6.04 Å². The molecule has 0 aliphatic heterocycles. The second kappa shape index (κ2) is 15.5. The van der Waals surface area contributed by atoms with E-state index < -0.39 is 53.8 Å². The van der Waals surface area contributed by atoms with Crippen molar-refractivity contribution in [3.8, 4) is 0 Å². The summed E-state index contributed by atoms with van der Waals surface area (Å²) in [6, 6.07) is 11.7. The minimum atomic E-state index is -1.19. The van der Waals surface area contributed by atoms with Crippen molar-refractivity contribution in [2.45, 2.75) is 70.1 Å². The van der Waals surface area contributed by atoms with Crippen LogP contribution in [-0.2, 0) is 36.8 Å². The Kier molecular flexibility index (Phi) is 11.8. The number of nitrogens with one attached hydrogen (secondary N) is 4. The fraction of sp³-hybridized carbons (Fsp3) is 0.387. The Morgan fingerprint density at radius 1 is 0.837 bits per heavy atom. The van der Waals surface area contributed by atoms with Gasteiger partial charge < -0.3 is 36.9 Å². The van der Waals surface area contributed by atoms with Gasteiger partial charge in [0, 0.05) is 36.4 Å². The molecule has 0 bridgehead atoms. The number of aliphatic carboxylic acids is 2. The van der Waals surface area contributed by atoms with Crippen molar-refractivity contribution >= 4 is 40.6 Å². The summed E-state index contributed by atoms with van der Waals surface area (Å²) in [4.78, 5) is 66.2. The minimum absolute atomic E-state index is 0.0402. The van der Waals surface area contributed by atoms with Crippen LogP contribution >= 0.6 is 0 Å². The first-order valence-electron chi connectivity index (χ1n) is 14.2. The van der Waals surface area contributed by atoms with Crippen LogP contribution in [-0.4, -0.2) is 69.0 Å². The molecular weight excluding hydrogens is 554 g/mol. The number of aromatic amines is 1. The lowest BCUT2D eigenvalue weighted by Crippen LogP contribution is -2.58. The first-order valence-corrected chi connectivity index (χ1v) is 14.2. The predicted molar refractivity (Wildman–Crippen MR) is 160 cm³/mol. The highest BCUT2D eigenvalue weighted by Gasteiger charge is 2.32. The van der Waals surface area contributed by atoms with Crippen LogP contribution in [0.4, 0.5) is 0 Å². The summed E-state index contributed by atoms with van der Waals surface area (Å²) in [6.07, 6.45) is 1.89. The number of rotatable bonds is 16. The van der Waals surface area contributed by atoms with Gasteiger partial charge in [-0.25, -0.2) is 4.79 Å². The quantitative estimate of drug-likeness (QED) is 0.130. The van der Waals surface area contributed by atoms with E-state index in [1.165, 1.54) is 0 Å². The van der Waals surface area contributed by atoms with Crippen LogP contribution in [0.25, 0.3) is 10.9 Å². The number of carbonyl (C=O) groups is 5. The van der Waals surface area contributed by atoms with Gasteiger partial charge in [-0.2, -0.15) is 0 Å². The average Bonchev–Trinajstić information content (AvgIpc) is 3.40. The smallest absolute Gasteiger partial charge is 0.326 e. The van der Waals surface area contributed by atoms with Crippen LogP contribution in [0.15, 0.2) is 60.8 Å². The van der Waals surface area contributed by atoms with Crippen LogP contribution in [0.2, 0.25) is 0 Å². The molecule has 3 amide bonds. The first-order chi connectivity index (χ1) is 20.5. The number of carbonyl (C=O) groups excluding carboxylic acids is 3. The Labute approximate surface area is 249 Å². The molecule has 0 fully saturated rings. The van der Waals surface area contributed by atoms with Gasteiger partial charge in [-0.1, -0.05) is 68.8 Å². The fourth-order valence-electron chi connectivity index (χ4n) is 4.69. The summed E-state index contributed by atoms with van der Waals surface area (Å²) in [6.45, 7) is 3.53. The summed E-state index contributed by atoms with van der Waals surface area (Å²) >= 11 is 0. The zero-order chi connectivity index (χ0) is 31.5. The third-order valence-corrected chi connectivity index (χ3v) is 7.43. The Balaban J connectivity index is 1.89. The number of hydrogen-bond donors (Lipinski definition) is 7. The van der Waals surface area contributed by atoms with Crippen molar-refractivity contribution in [3.63, 3.8) is 0 Å². The molecule has 5 atom stereocenters. The van der Waals surface area contributed by atoms with Gasteiger partial charge in [-0.05, 0) is 29.5 Å². The third-order valence-electron chi connectivity index (χ3n) is 7.43. The lowest BCUT2D eigenvalue weighted by molar-refractivity contribution is -0.144. The standard InChI is InChI=1S/C31H39N5O7/c1-3-18(2)27(31(42)43)36-30(41)25(16-20-17-33-23-12-8-7-11-21(20)23)35-29(40)24(15-19-9-5-4-6-10-19)34-28(39)22(32)13-14-26(37)38/h4-12,17-18,22,24-25,27,33H,3,13-16,32H2,1-2H3,(H,34,39)(H,35,40)(H,36,41)(H,37,38)(H,42,43). The maximum atomic E-state index is 13.7. The molecule has 12 heteroatoms. The van der Waals surface area contributed by atoms with Crippen LogP contribution in [0.3, 0.4) is 0 Å². The highest BCUT2D eigenvalue weighted by atomic mass is 16.4. The molecule has 0 saturated heterocycles. The van der Waals surface area contributed by atoms with E-state index in [2.05, 4.69) is 20.9 Å². The highest BCUT2D eigenvalue weighted by molar-refractivity contribution is 5.95. The zero-order valence-electron chi connectivity index (χ0n) is 24.2. The minimum Gasteiger partial charge on any atom is -0.481 e. The van der Waals surface area contributed by atoms with Gasteiger partial charge >= 0.3 is 11.9 Å². The first kappa shape index (κ1) is 32.8. The lowest BCUT2D eigenvalue weighted by atomic mass is 9.97. The van der Waals surface area contributed by atoms with E-state index in [1.54, 1.807) is 43.5 Å². The molecule has 5 unspecified atom stereocenters. The summed E-state index contributed by atoms with van der Waals surface area (Å²) in [5.41, 5.74) is 8.18. The molecule has 12 nitrogen and oxygen atoms in total. The Hall–Kier alpha value is -4.71. The van der Waals surface area contributed by atoms with E-state index in [-0.39, 0.29) is 31.6 Å². The van der Waals surface area contributed by atoms with Crippen LogP contribution in [0, 0.1) is 5.92 Å². The number of carboxylic acid groups (broad SMARTS) is 2. The van der Waals surface area contributed by atoms with E-state index in [0.29, 0.717) is 6.42 Å². The SMILES string of the molecule is CCC(C)C(NC(=O)C(Cc1c[nH]c2ccccc12)NC(=O)C(Cc1ccccc1)NC(=O)C(N)CCC(=O)O)C(=O)O. The third kappa shape index (κ3) is 9.40. The topological polar surface area (TPSA) is 204 Å². The molecule has 0 aliphatic carbocycles. The van der Waals surface area contributed by atoms with Gasteiger partial charge in [0.1, 0.15) is 18.1 Å². The monoisotopic (exact) mass is 593 g/mol. The number of hydrogen-bond acceptors (Lipinski definition) is 6. The van der Waals surface area contributed by atoms with E-state index in [4.69, 9.17) is 10.8 Å². The summed E-state index contributed by atoms with van der Waals surface area (Å²) in [7, 11) is 0. The van der Waals surface area contributed by atoms with E-state index in [0.717, 1.165) is 22.0 Å². The molecule has 0 aliphatic rings. The number of benzene rings is 2. The molecule has 0 radical (unpaired) electrons. The van der Waals surface area contributed by atoms with E-state index in [9.17, 15) is 29.1 Å². The molecule has 2 aromatic carbocycles. The maximum absolute atomic E-state index is 13.7. The number of aromatic nitrogens is 1. The number of para-hydroxylation sites is 1. The second-order valence-corrected chi connectivity index (χ2v) is 10.6.